The maximum absolute atomic E-state index is 12.9. The van der Waals surface area contributed by atoms with E-state index in [1.807, 2.05) is 0 Å². The molecule has 0 bridgehead atoms. The molecule has 2 aromatic rings. The van der Waals surface area contributed by atoms with Crippen molar-refractivity contribution in [2.24, 2.45) is 5.73 Å². The Labute approximate surface area is 119 Å². The van der Waals surface area contributed by atoms with Gasteiger partial charge in [-0.05, 0) is 23.8 Å². The number of nitrogens with two attached hydrogens (primary N) is 1. The standard InChI is InChI=1S/C14H13FN2O4/c15-10-3-1-9(2-4-10)11-5-7-20-12(11)13(18)17-6-8-21-14(16)19/h1-5,7H,6,8H2,(H2,16,19)(H,17,18). The molecule has 0 saturated heterocycles. The van der Waals surface area contributed by atoms with Crippen molar-refractivity contribution in [3.05, 3.63) is 48.2 Å². The number of ether oxygens (including phenoxy) is 1. The lowest BCUT2D eigenvalue weighted by Crippen LogP contribution is -2.29. The monoisotopic (exact) mass is 292 g/mol. The number of nitrogens with one attached hydrogen (secondary N) is 1. The van der Waals surface area contributed by atoms with Gasteiger partial charge in [-0.2, -0.15) is 0 Å². The molecule has 21 heavy (non-hydrogen) atoms. The fourth-order valence-corrected chi connectivity index (χ4v) is 1.74. The molecule has 0 aliphatic rings. The van der Waals surface area contributed by atoms with E-state index in [9.17, 15) is 14.0 Å². The lowest BCUT2D eigenvalue weighted by molar-refractivity contribution is 0.0910. The predicted molar refractivity (Wildman–Crippen MR) is 72.0 cm³/mol. The molecule has 0 unspecified atom stereocenters. The molecule has 2 rings (SSSR count). The van der Waals surface area contributed by atoms with Crippen molar-refractivity contribution in [1.82, 2.24) is 5.32 Å². The van der Waals surface area contributed by atoms with Crippen LogP contribution < -0.4 is 11.1 Å². The SMILES string of the molecule is NC(=O)OCCNC(=O)c1occc1-c1ccc(F)cc1. The van der Waals surface area contributed by atoms with Crippen LogP contribution in [0.5, 0.6) is 0 Å². The van der Waals surface area contributed by atoms with Crippen LogP contribution in [0.3, 0.4) is 0 Å². The number of halogens is 1. The Kier molecular flexibility index (Phi) is 4.55. The van der Waals surface area contributed by atoms with E-state index in [0.717, 1.165) is 0 Å². The molecule has 1 aromatic carbocycles. The number of furan rings is 1. The van der Waals surface area contributed by atoms with Gasteiger partial charge in [-0.15, -0.1) is 0 Å². The summed E-state index contributed by atoms with van der Waals surface area (Å²) in [5, 5.41) is 2.52. The largest absolute Gasteiger partial charge is 0.459 e. The van der Waals surface area contributed by atoms with Gasteiger partial charge in [-0.1, -0.05) is 12.1 Å². The highest BCUT2D eigenvalue weighted by molar-refractivity contribution is 5.98. The van der Waals surface area contributed by atoms with Crippen LogP contribution in [0.2, 0.25) is 0 Å². The minimum absolute atomic E-state index is 0.0341. The fourth-order valence-electron chi connectivity index (χ4n) is 1.74. The first-order valence-corrected chi connectivity index (χ1v) is 6.12. The third-order valence-corrected chi connectivity index (χ3v) is 2.66. The van der Waals surface area contributed by atoms with Crippen molar-refractivity contribution in [3.8, 4) is 11.1 Å². The van der Waals surface area contributed by atoms with Crippen molar-refractivity contribution >= 4 is 12.0 Å². The molecular weight excluding hydrogens is 279 g/mol. The van der Waals surface area contributed by atoms with Crippen LogP contribution in [0, 0.1) is 5.82 Å². The summed E-state index contributed by atoms with van der Waals surface area (Å²) in [5.41, 5.74) is 5.99. The Hall–Kier alpha value is -2.83. The number of carbonyl (C=O) groups is 2. The van der Waals surface area contributed by atoms with Gasteiger partial charge in [0.1, 0.15) is 12.4 Å². The second-order valence-electron chi connectivity index (χ2n) is 4.09. The summed E-state index contributed by atoms with van der Waals surface area (Å²) >= 11 is 0. The second-order valence-corrected chi connectivity index (χ2v) is 4.09. The average molecular weight is 292 g/mol. The molecule has 6 nitrogen and oxygen atoms in total. The van der Waals surface area contributed by atoms with E-state index in [1.165, 1.54) is 18.4 Å². The summed E-state index contributed by atoms with van der Waals surface area (Å²) in [5.74, 6) is -0.732. The van der Waals surface area contributed by atoms with Gasteiger partial charge in [-0.3, -0.25) is 4.79 Å². The van der Waals surface area contributed by atoms with Gasteiger partial charge >= 0.3 is 6.09 Å². The second kappa shape index (κ2) is 6.56. The molecule has 0 aliphatic carbocycles. The predicted octanol–water partition coefficient (Wildman–Crippen LogP) is 1.91. The normalized spacial score (nSPS) is 10.1. The van der Waals surface area contributed by atoms with E-state index >= 15 is 0 Å². The molecule has 110 valence electrons. The fraction of sp³-hybridized carbons (Fsp3) is 0.143. The molecule has 0 spiro atoms. The molecule has 3 N–H and O–H groups in total. The molecule has 7 heteroatoms. The van der Waals surface area contributed by atoms with E-state index in [4.69, 9.17) is 10.2 Å². The molecule has 1 heterocycles. The smallest absolute Gasteiger partial charge is 0.404 e. The number of benzene rings is 1. The Morgan fingerprint density at radius 3 is 2.62 bits per heavy atom. The topological polar surface area (TPSA) is 94.6 Å². The summed E-state index contributed by atoms with van der Waals surface area (Å²) in [6.07, 6.45) is 0.460. The summed E-state index contributed by atoms with van der Waals surface area (Å²) in [6, 6.07) is 7.30. The van der Waals surface area contributed by atoms with E-state index < -0.39 is 12.0 Å². The molecule has 0 saturated carbocycles. The first kappa shape index (κ1) is 14.6. The third kappa shape index (κ3) is 3.82. The molecule has 0 fully saturated rings. The third-order valence-electron chi connectivity index (χ3n) is 2.66. The van der Waals surface area contributed by atoms with Crippen LogP contribution in [0.4, 0.5) is 9.18 Å². The van der Waals surface area contributed by atoms with E-state index in [0.29, 0.717) is 11.1 Å². The minimum Gasteiger partial charge on any atom is -0.459 e. The van der Waals surface area contributed by atoms with E-state index in [2.05, 4.69) is 10.1 Å². The van der Waals surface area contributed by atoms with Gasteiger partial charge in [0.15, 0.2) is 5.76 Å². The zero-order valence-corrected chi connectivity index (χ0v) is 11.0. The number of amides is 2. The number of primary amides is 1. The first-order valence-electron chi connectivity index (χ1n) is 6.12. The van der Waals surface area contributed by atoms with Gasteiger partial charge < -0.3 is 20.2 Å². The average Bonchev–Trinajstić information content (AvgIpc) is 2.93. The zero-order chi connectivity index (χ0) is 15.2. The minimum atomic E-state index is -0.908. The summed E-state index contributed by atoms with van der Waals surface area (Å²) < 4.78 is 22.5. The number of hydrogen-bond acceptors (Lipinski definition) is 4. The van der Waals surface area contributed by atoms with E-state index in [1.54, 1.807) is 18.2 Å². The summed E-state index contributed by atoms with van der Waals surface area (Å²) in [6.45, 7) is 0.0684. The number of carbonyl (C=O) groups excluding carboxylic acids is 2. The maximum Gasteiger partial charge on any atom is 0.404 e. The zero-order valence-electron chi connectivity index (χ0n) is 11.0. The Morgan fingerprint density at radius 2 is 1.95 bits per heavy atom. The van der Waals surface area contributed by atoms with Crippen LogP contribution in [0.25, 0.3) is 11.1 Å². The lowest BCUT2D eigenvalue weighted by Gasteiger charge is -2.05. The van der Waals surface area contributed by atoms with Gasteiger partial charge in [-0.25, -0.2) is 9.18 Å². The van der Waals surface area contributed by atoms with Gasteiger partial charge in [0.25, 0.3) is 5.91 Å². The van der Waals surface area contributed by atoms with Crippen molar-refractivity contribution in [1.29, 1.82) is 0 Å². The number of hydrogen-bond donors (Lipinski definition) is 2. The van der Waals surface area contributed by atoms with Crippen LogP contribution in [-0.2, 0) is 4.74 Å². The number of rotatable bonds is 5. The van der Waals surface area contributed by atoms with Crippen molar-refractivity contribution < 1.29 is 23.1 Å². The van der Waals surface area contributed by atoms with Crippen LogP contribution in [-0.4, -0.2) is 25.2 Å². The van der Waals surface area contributed by atoms with Gasteiger partial charge in [0, 0.05) is 5.56 Å². The van der Waals surface area contributed by atoms with Crippen LogP contribution in [0.1, 0.15) is 10.6 Å². The Morgan fingerprint density at radius 1 is 1.24 bits per heavy atom. The van der Waals surface area contributed by atoms with Gasteiger partial charge in [0.05, 0.1) is 12.8 Å². The van der Waals surface area contributed by atoms with Crippen LogP contribution in [0.15, 0.2) is 41.0 Å². The summed E-state index contributed by atoms with van der Waals surface area (Å²) in [4.78, 5) is 22.3. The summed E-state index contributed by atoms with van der Waals surface area (Å²) in [7, 11) is 0. The Bertz CT molecular complexity index is 637. The van der Waals surface area contributed by atoms with Crippen molar-refractivity contribution in [3.63, 3.8) is 0 Å². The first-order chi connectivity index (χ1) is 10.1. The van der Waals surface area contributed by atoms with Crippen molar-refractivity contribution in [2.75, 3.05) is 13.2 Å². The molecular formula is C14H13FN2O4. The van der Waals surface area contributed by atoms with E-state index in [-0.39, 0.29) is 24.7 Å². The molecule has 0 radical (unpaired) electrons. The highest BCUT2D eigenvalue weighted by atomic mass is 19.1. The van der Waals surface area contributed by atoms with Gasteiger partial charge in [0.2, 0.25) is 0 Å². The molecule has 1 aromatic heterocycles. The molecule has 0 aliphatic heterocycles. The highest BCUT2D eigenvalue weighted by Gasteiger charge is 2.16. The van der Waals surface area contributed by atoms with Crippen LogP contribution >= 0.6 is 0 Å². The Balaban J connectivity index is 2.04. The quantitative estimate of drug-likeness (QED) is 0.823. The highest BCUT2D eigenvalue weighted by Crippen LogP contribution is 2.25. The lowest BCUT2D eigenvalue weighted by atomic mass is 10.1. The molecule has 2 amide bonds. The van der Waals surface area contributed by atoms with Crippen molar-refractivity contribution in [2.45, 2.75) is 0 Å². The maximum atomic E-state index is 12.9. The molecule has 0 atom stereocenters.